The Morgan fingerprint density at radius 2 is 2.10 bits per heavy atom. The Hall–Kier alpha value is -2.34. The number of rotatable bonds is 8. The van der Waals surface area contributed by atoms with Gasteiger partial charge in [0.15, 0.2) is 13.6 Å². The van der Waals surface area contributed by atoms with Gasteiger partial charge in [0, 0.05) is 16.8 Å². The number of aryl methyl sites for hydroxylation is 1. The van der Waals surface area contributed by atoms with Crippen LogP contribution in [-0.4, -0.2) is 50.0 Å². The lowest BCUT2D eigenvalue weighted by atomic mass is 9.90. The van der Waals surface area contributed by atoms with Gasteiger partial charge in [0.25, 0.3) is 0 Å². The summed E-state index contributed by atoms with van der Waals surface area (Å²) in [5, 5.41) is 14.5. The average Bonchev–Trinajstić information content (AvgIpc) is 3.39. The van der Waals surface area contributed by atoms with Crippen molar-refractivity contribution >= 4 is 30.3 Å². The van der Waals surface area contributed by atoms with Gasteiger partial charge >= 0.3 is 0 Å². The molecule has 1 aliphatic rings. The number of piperidine rings is 1. The second-order valence-electron chi connectivity index (χ2n) is 8.47. The molecule has 3 heterocycles. The Balaban J connectivity index is 1.51. The zero-order valence-electron chi connectivity index (χ0n) is 18.1. The second kappa shape index (κ2) is 9.86. The van der Waals surface area contributed by atoms with Gasteiger partial charge in [0.2, 0.25) is 0 Å². The van der Waals surface area contributed by atoms with Crippen LogP contribution in [-0.2, 0) is 19.6 Å². The Bertz CT molecular complexity index is 1060. The van der Waals surface area contributed by atoms with Gasteiger partial charge in [-0.1, -0.05) is 5.16 Å². The van der Waals surface area contributed by atoms with E-state index in [4.69, 9.17) is 22.5 Å². The molecule has 1 aromatic carbocycles. The molecular weight excluding hydrogens is 407 g/mol. The number of thiophene rings is 1. The Morgan fingerprint density at radius 3 is 2.81 bits per heavy atom. The van der Waals surface area contributed by atoms with Crippen LogP contribution in [0.3, 0.4) is 0 Å². The van der Waals surface area contributed by atoms with E-state index in [-0.39, 0.29) is 0 Å². The normalized spacial score (nSPS) is 15.5. The van der Waals surface area contributed by atoms with Crippen LogP contribution in [0.15, 0.2) is 28.8 Å². The number of benzene rings is 1. The first-order valence-electron chi connectivity index (χ1n) is 10.7. The van der Waals surface area contributed by atoms with Gasteiger partial charge in [0.1, 0.15) is 23.3 Å². The fourth-order valence-electron chi connectivity index (χ4n) is 4.12. The molecule has 4 rings (SSSR count). The third kappa shape index (κ3) is 5.29. The first kappa shape index (κ1) is 21.9. The van der Waals surface area contributed by atoms with Crippen molar-refractivity contribution in [1.29, 1.82) is 5.26 Å². The molecule has 8 heteroatoms. The molecule has 0 spiro atoms. The van der Waals surface area contributed by atoms with E-state index >= 15 is 0 Å². The highest BCUT2D eigenvalue weighted by atomic mass is 32.1. The van der Waals surface area contributed by atoms with Gasteiger partial charge in [-0.25, -0.2) is 0 Å². The van der Waals surface area contributed by atoms with E-state index in [1.165, 1.54) is 11.3 Å². The van der Waals surface area contributed by atoms with E-state index in [1.54, 1.807) is 0 Å². The fourth-order valence-corrected chi connectivity index (χ4v) is 4.84. The number of nitriles is 1. The van der Waals surface area contributed by atoms with Crippen molar-refractivity contribution in [2.75, 3.05) is 27.2 Å². The molecule has 0 atom stereocenters. The number of ether oxygens (including phenoxy) is 1. The van der Waals surface area contributed by atoms with Crippen molar-refractivity contribution in [3.8, 4) is 11.8 Å². The maximum atomic E-state index is 9.03. The van der Waals surface area contributed by atoms with Crippen LogP contribution < -0.4 is 4.74 Å². The van der Waals surface area contributed by atoms with Gasteiger partial charge in [-0.3, -0.25) is 0 Å². The van der Waals surface area contributed by atoms with Crippen molar-refractivity contribution in [2.45, 2.75) is 38.8 Å². The first-order valence-corrected chi connectivity index (χ1v) is 11.5. The largest absolute Gasteiger partial charge is 0.488 e. The number of fused-ring (bicyclic) bond motifs is 1. The molecule has 0 amide bonds. The second-order valence-corrected chi connectivity index (χ2v) is 9.64. The third-order valence-electron chi connectivity index (χ3n) is 5.83. The summed E-state index contributed by atoms with van der Waals surface area (Å²) >= 11 is 1.46. The highest BCUT2D eigenvalue weighted by Gasteiger charge is 2.20. The van der Waals surface area contributed by atoms with Crippen molar-refractivity contribution in [3.63, 3.8) is 0 Å². The predicted molar refractivity (Wildman–Crippen MR) is 123 cm³/mol. The van der Waals surface area contributed by atoms with Crippen LogP contribution in [0.1, 0.15) is 40.3 Å². The number of aromatic nitrogens is 1. The van der Waals surface area contributed by atoms with Gasteiger partial charge in [-0.15, -0.1) is 11.3 Å². The minimum Gasteiger partial charge on any atom is -0.488 e. The van der Waals surface area contributed by atoms with Crippen molar-refractivity contribution < 1.29 is 9.26 Å². The summed E-state index contributed by atoms with van der Waals surface area (Å²) in [7, 11) is 9.94. The standard InChI is InChI=1S/C23H27BN4O2S/c1-27(2)14-20-22(29-15-18-5-4-17(13-25)31-18)8-6-19-21(26-30-23(19)20)7-3-16-9-11-28(24)12-10-16/h4-6,8,16H,3,7,9-12,14-15H2,1-2H3. The summed E-state index contributed by atoms with van der Waals surface area (Å²) in [5.41, 5.74) is 2.84. The van der Waals surface area contributed by atoms with E-state index in [9.17, 15) is 0 Å². The molecule has 1 fully saturated rings. The van der Waals surface area contributed by atoms with Crippen LogP contribution in [0.5, 0.6) is 5.75 Å². The van der Waals surface area contributed by atoms with Gasteiger partial charge in [-0.05, 0) is 83.1 Å². The minimum absolute atomic E-state index is 0.430. The molecule has 0 bridgehead atoms. The van der Waals surface area contributed by atoms with Crippen molar-refractivity contribution in [3.05, 3.63) is 45.3 Å². The maximum Gasteiger partial charge on any atom is 0.182 e. The van der Waals surface area contributed by atoms with Crippen molar-refractivity contribution in [1.82, 2.24) is 14.9 Å². The quantitative estimate of drug-likeness (QED) is 0.497. The lowest BCUT2D eigenvalue weighted by Gasteiger charge is -2.29. The summed E-state index contributed by atoms with van der Waals surface area (Å²) in [6.07, 6.45) is 4.31. The molecule has 1 saturated heterocycles. The summed E-state index contributed by atoms with van der Waals surface area (Å²) in [4.78, 5) is 5.73. The molecule has 2 aromatic heterocycles. The minimum atomic E-state index is 0.430. The summed E-state index contributed by atoms with van der Waals surface area (Å²) < 4.78 is 12.0. The van der Waals surface area contributed by atoms with Gasteiger partial charge in [0.05, 0.1) is 11.3 Å². The molecule has 0 unspecified atom stereocenters. The SMILES string of the molecule is [B]N1CCC(CCc2noc3c(CN(C)C)c(OCc4ccc(C#N)s4)ccc23)CC1. The molecule has 6 nitrogen and oxygen atoms in total. The number of hydrogen-bond acceptors (Lipinski definition) is 7. The highest BCUT2D eigenvalue weighted by Crippen LogP contribution is 2.33. The van der Waals surface area contributed by atoms with Gasteiger partial charge in [-0.2, -0.15) is 5.26 Å². The van der Waals surface area contributed by atoms with E-state index in [0.717, 1.165) is 71.6 Å². The topological polar surface area (TPSA) is 65.5 Å². The van der Waals surface area contributed by atoms with Crippen LogP contribution >= 0.6 is 11.3 Å². The van der Waals surface area contributed by atoms with E-state index in [2.05, 4.69) is 22.2 Å². The van der Waals surface area contributed by atoms with Crippen LogP contribution in [0.2, 0.25) is 0 Å². The molecule has 0 N–H and O–H groups in total. The summed E-state index contributed by atoms with van der Waals surface area (Å²) in [6.45, 7) is 3.07. The van der Waals surface area contributed by atoms with Crippen molar-refractivity contribution in [2.24, 2.45) is 5.92 Å². The van der Waals surface area contributed by atoms with Gasteiger partial charge < -0.3 is 19.0 Å². The van der Waals surface area contributed by atoms with Crippen LogP contribution in [0.25, 0.3) is 11.0 Å². The van der Waals surface area contributed by atoms with E-state index < -0.39 is 0 Å². The molecule has 31 heavy (non-hydrogen) atoms. The molecular formula is C23H27BN4O2S. The molecule has 1 aliphatic heterocycles. The lowest BCUT2D eigenvalue weighted by molar-refractivity contribution is 0.270. The number of hydrogen-bond donors (Lipinski definition) is 0. The van der Waals surface area contributed by atoms with Crippen LogP contribution in [0, 0.1) is 17.2 Å². The monoisotopic (exact) mass is 434 g/mol. The first-order chi connectivity index (χ1) is 15.0. The molecule has 0 saturated carbocycles. The Morgan fingerprint density at radius 1 is 1.29 bits per heavy atom. The molecule has 160 valence electrons. The maximum absolute atomic E-state index is 9.03. The number of nitrogens with zero attached hydrogens (tertiary/aromatic N) is 4. The lowest BCUT2D eigenvalue weighted by Crippen LogP contribution is -2.31. The zero-order valence-corrected chi connectivity index (χ0v) is 19.0. The smallest absolute Gasteiger partial charge is 0.182 e. The predicted octanol–water partition coefficient (Wildman–Crippen LogP) is 4.13. The molecule has 0 aliphatic carbocycles. The third-order valence-corrected chi connectivity index (χ3v) is 6.79. The fraction of sp³-hybridized carbons (Fsp3) is 0.478. The van der Waals surface area contributed by atoms with E-state index in [0.29, 0.717) is 23.9 Å². The molecule has 2 radical (unpaired) electrons. The summed E-state index contributed by atoms with van der Waals surface area (Å²) in [6, 6.07) is 10.0. The van der Waals surface area contributed by atoms with Crippen LogP contribution in [0.4, 0.5) is 0 Å². The highest BCUT2D eigenvalue weighted by molar-refractivity contribution is 7.12. The molecule has 3 aromatic rings. The average molecular weight is 434 g/mol. The Kier molecular flexibility index (Phi) is 6.96. The summed E-state index contributed by atoms with van der Waals surface area (Å²) in [5.74, 6) is 1.49. The Labute approximate surface area is 188 Å². The zero-order chi connectivity index (χ0) is 21.8. The van der Waals surface area contributed by atoms with E-state index in [1.807, 2.05) is 37.1 Å².